The molecule has 0 radical (unpaired) electrons. The second-order valence-electron chi connectivity index (χ2n) is 5.85. The van der Waals surface area contributed by atoms with Crippen LogP contribution in [-0.2, 0) is 14.3 Å². The third kappa shape index (κ3) is 3.21. The van der Waals surface area contributed by atoms with E-state index in [1.807, 2.05) is 6.92 Å². The van der Waals surface area contributed by atoms with Crippen molar-refractivity contribution in [2.45, 2.75) is 51.5 Å². The average Bonchev–Trinajstić information content (AvgIpc) is 2.34. The van der Waals surface area contributed by atoms with Crippen molar-refractivity contribution in [3.63, 3.8) is 0 Å². The Bertz CT molecular complexity index is 325. The van der Waals surface area contributed by atoms with Crippen LogP contribution in [0, 0.1) is 5.41 Å². The van der Waals surface area contributed by atoms with Crippen LogP contribution in [0.15, 0.2) is 0 Å². The fourth-order valence-electron chi connectivity index (χ4n) is 2.82. The largest absolute Gasteiger partial charge is 0.381 e. The predicted molar refractivity (Wildman–Crippen MR) is 75.6 cm³/mol. The van der Waals surface area contributed by atoms with Gasteiger partial charge in [0.1, 0.15) is 6.04 Å². The summed E-state index contributed by atoms with van der Waals surface area (Å²) in [6.45, 7) is 7.59. The molecule has 1 saturated heterocycles. The van der Waals surface area contributed by atoms with E-state index < -0.39 is 0 Å². The van der Waals surface area contributed by atoms with Gasteiger partial charge in [-0.05, 0) is 13.3 Å². The molecule has 112 valence electrons. The van der Waals surface area contributed by atoms with Crippen molar-refractivity contribution in [3.05, 3.63) is 0 Å². The lowest BCUT2D eigenvalue weighted by Gasteiger charge is -2.51. The molecular formula is C13H25ClN2O3. The SMILES string of the molecule is COC1CC(NC(=O)[C@H]2NCCO[C@@H]2C)C1(C)C.Cl. The van der Waals surface area contributed by atoms with Crippen molar-refractivity contribution in [3.8, 4) is 0 Å². The van der Waals surface area contributed by atoms with Gasteiger partial charge in [-0.25, -0.2) is 0 Å². The topological polar surface area (TPSA) is 59.6 Å². The molecule has 1 aliphatic carbocycles. The molecule has 2 N–H and O–H groups in total. The number of halogens is 1. The minimum Gasteiger partial charge on any atom is -0.381 e. The monoisotopic (exact) mass is 292 g/mol. The summed E-state index contributed by atoms with van der Waals surface area (Å²) in [5.74, 6) is 0.0369. The van der Waals surface area contributed by atoms with Gasteiger partial charge in [-0.1, -0.05) is 13.8 Å². The fraction of sp³-hybridized carbons (Fsp3) is 0.923. The molecule has 1 aliphatic heterocycles. The third-order valence-corrected chi connectivity index (χ3v) is 4.38. The summed E-state index contributed by atoms with van der Waals surface area (Å²) in [6.07, 6.45) is 1.05. The van der Waals surface area contributed by atoms with Crippen LogP contribution in [0.4, 0.5) is 0 Å². The van der Waals surface area contributed by atoms with Gasteiger partial charge in [0.25, 0.3) is 0 Å². The zero-order chi connectivity index (χ0) is 13.3. The highest BCUT2D eigenvalue weighted by Gasteiger charge is 2.49. The summed E-state index contributed by atoms with van der Waals surface area (Å²) in [4.78, 5) is 12.2. The number of hydrogen-bond acceptors (Lipinski definition) is 4. The molecule has 0 spiro atoms. The van der Waals surface area contributed by atoms with E-state index in [4.69, 9.17) is 9.47 Å². The van der Waals surface area contributed by atoms with Crippen LogP contribution >= 0.6 is 12.4 Å². The molecule has 2 unspecified atom stereocenters. The van der Waals surface area contributed by atoms with E-state index in [-0.39, 0.29) is 48.0 Å². The van der Waals surface area contributed by atoms with Crippen molar-refractivity contribution in [1.29, 1.82) is 0 Å². The molecule has 1 saturated carbocycles. The van der Waals surface area contributed by atoms with E-state index in [1.54, 1.807) is 7.11 Å². The van der Waals surface area contributed by atoms with Crippen LogP contribution in [0.5, 0.6) is 0 Å². The Hall–Kier alpha value is -0.360. The highest BCUT2D eigenvalue weighted by atomic mass is 35.5. The van der Waals surface area contributed by atoms with Gasteiger partial charge in [0.15, 0.2) is 0 Å². The number of methoxy groups -OCH3 is 1. The van der Waals surface area contributed by atoms with E-state index in [0.29, 0.717) is 6.61 Å². The highest BCUT2D eigenvalue weighted by Crippen LogP contribution is 2.42. The highest BCUT2D eigenvalue weighted by molar-refractivity contribution is 5.85. The lowest BCUT2D eigenvalue weighted by Crippen LogP contribution is -2.65. The molecule has 5 nitrogen and oxygen atoms in total. The van der Waals surface area contributed by atoms with E-state index in [9.17, 15) is 4.79 Å². The van der Waals surface area contributed by atoms with Crippen molar-refractivity contribution in [1.82, 2.24) is 10.6 Å². The van der Waals surface area contributed by atoms with Crippen LogP contribution in [0.3, 0.4) is 0 Å². The molecule has 2 aliphatic rings. The lowest BCUT2D eigenvalue weighted by atomic mass is 9.64. The number of morpholine rings is 1. The summed E-state index contributed by atoms with van der Waals surface area (Å²) >= 11 is 0. The van der Waals surface area contributed by atoms with Crippen molar-refractivity contribution >= 4 is 18.3 Å². The minimum absolute atomic E-state index is 0. The maximum atomic E-state index is 12.2. The van der Waals surface area contributed by atoms with Gasteiger partial charge in [-0.15, -0.1) is 12.4 Å². The molecule has 0 aromatic rings. The molecule has 2 rings (SSSR count). The smallest absolute Gasteiger partial charge is 0.240 e. The summed E-state index contributed by atoms with van der Waals surface area (Å²) in [5, 5.41) is 6.32. The van der Waals surface area contributed by atoms with Crippen LogP contribution in [-0.4, -0.2) is 50.5 Å². The Balaban J connectivity index is 0.00000180. The zero-order valence-corrected chi connectivity index (χ0v) is 12.9. The second kappa shape index (κ2) is 6.39. The lowest BCUT2D eigenvalue weighted by molar-refractivity contribution is -0.139. The van der Waals surface area contributed by atoms with Gasteiger partial charge in [0, 0.05) is 25.1 Å². The maximum absolute atomic E-state index is 12.2. The van der Waals surface area contributed by atoms with E-state index in [1.165, 1.54) is 0 Å². The van der Waals surface area contributed by atoms with Gasteiger partial charge >= 0.3 is 0 Å². The van der Waals surface area contributed by atoms with E-state index in [0.717, 1.165) is 13.0 Å². The Morgan fingerprint density at radius 3 is 2.68 bits per heavy atom. The summed E-state index contributed by atoms with van der Waals surface area (Å²) in [7, 11) is 1.73. The van der Waals surface area contributed by atoms with Gasteiger partial charge in [-0.2, -0.15) is 0 Å². The maximum Gasteiger partial charge on any atom is 0.240 e. The first-order valence-corrected chi connectivity index (χ1v) is 6.65. The zero-order valence-electron chi connectivity index (χ0n) is 12.1. The van der Waals surface area contributed by atoms with Crippen molar-refractivity contribution in [2.24, 2.45) is 5.41 Å². The average molecular weight is 293 g/mol. The summed E-state index contributed by atoms with van der Waals surface area (Å²) < 4.78 is 10.9. The van der Waals surface area contributed by atoms with Gasteiger partial charge < -0.3 is 20.1 Å². The number of amides is 1. The number of carbonyl (C=O) groups is 1. The normalized spacial score (nSPS) is 36.8. The Morgan fingerprint density at radius 1 is 1.47 bits per heavy atom. The van der Waals surface area contributed by atoms with Crippen LogP contribution in [0.2, 0.25) is 0 Å². The Labute approximate surface area is 121 Å². The molecule has 6 heteroatoms. The Morgan fingerprint density at radius 2 is 2.16 bits per heavy atom. The summed E-state index contributed by atoms with van der Waals surface area (Å²) in [5.41, 5.74) is 0.00315. The van der Waals surface area contributed by atoms with Gasteiger partial charge in [0.2, 0.25) is 5.91 Å². The van der Waals surface area contributed by atoms with Crippen LogP contribution < -0.4 is 10.6 Å². The molecule has 2 fully saturated rings. The first kappa shape index (κ1) is 16.7. The number of ether oxygens (including phenoxy) is 2. The molecule has 1 amide bonds. The van der Waals surface area contributed by atoms with E-state index in [2.05, 4.69) is 24.5 Å². The number of rotatable bonds is 3. The van der Waals surface area contributed by atoms with E-state index >= 15 is 0 Å². The molecule has 19 heavy (non-hydrogen) atoms. The molecule has 1 heterocycles. The van der Waals surface area contributed by atoms with Gasteiger partial charge in [0.05, 0.1) is 18.8 Å². The number of nitrogens with one attached hydrogen (secondary N) is 2. The quantitative estimate of drug-likeness (QED) is 0.804. The van der Waals surface area contributed by atoms with Crippen LogP contribution in [0.25, 0.3) is 0 Å². The predicted octanol–water partition coefficient (Wildman–Crippen LogP) is 0.715. The number of carbonyl (C=O) groups excluding carboxylic acids is 1. The number of hydrogen-bond donors (Lipinski definition) is 2. The first-order chi connectivity index (χ1) is 8.46. The van der Waals surface area contributed by atoms with Crippen LogP contribution in [0.1, 0.15) is 27.2 Å². The summed E-state index contributed by atoms with van der Waals surface area (Å²) in [6, 6.07) is -0.0537. The molecule has 0 bridgehead atoms. The molecule has 0 aromatic heterocycles. The van der Waals surface area contributed by atoms with Gasteiger partial charge in [-0.3, -0.25) is 4.79 Å². The van der Waals surface area contributed by atoms with Crippen molar-refractivity contribution < 1.29 is 14.3 Å². The Kier molecular flexibility index (Phi) is 5.62. The standard InChI is InChI=1S/C13H24N2O3.ClH/c1-8-11(14-5-6-18-8)12(16)15-9-7-10(17-4)13(9,2)3;/h8-11,14H,5-7H2,1-4H3,(H,15,16);1H/t8-,9?,10?,11+;/m1./s1. The fourth-order valence-corrected chi connectivity index (χ4v) is 2.82. The molecule has 4 atom stereocenters. The molecule has 0 aromatic carbocycles. The second-order valence-corrected chi connectivity index (χ2v) is 5.85. The third-order valence-electron chi connectivity index (χ3n) is 4.38. The first-order valence-electron chi connectivity index (χ1n) is 6.65. The molecular weight excluding hydrogens is 268 g/mol. The van der Waals surface area contributed by atoms with Crippen molar-refractivity contribution in [2.75, 3.05) is 20.3 Å². The minimum atomic E-state index is -0.240.